The van der Waals surface area contributed by atoms with Gasteiger partial charge in [0.15, 0.2) is 0 Å². The number of hydrogen-bond donors (Lipinski definition) is 0. The molecular weight excluding hydrogens is 160 g/mol. The molecule has 0 amide bonds. The van der Waals surface area contributed by atoms with Gasteiger partial charge in [-0.1, -0.05) is 19.8 Å². The van der Waals surface area contributed by atoms with Gasteiger partial charge in [0, 0.05) is 6.61 Å². The summed E-state index contributed by atoms with van der Waals surface area (Å²) in [4.78, 5) is 0. The van der Waals surface area contributed by atoms with Gasteiger partial charge in [0.2, 0.25) is 0 Å². The van der Waals surface area contributed by atoms with E-state index in [2.05, 4.69) is 6.92 Å². The summed E-state index contributed by atoms with van der Waals surface area (Å²) in [5.74, 6) is 1.87. The lowest BCUT2D eigenvalue weighted by Crippen LogP contribution is -2.30. The molecule has 0 aromatic heterocycles. The molecule has 1 heteroatoms. The van der Waals surface area contributed by atoms with E-state index in [0.717, 1.165) is 18.4 Å². The number of hydrogen-bond acceptors (Lipinski definition) is 1. The van der Waals surface area contributed by atoms with E-state index < -0.39 is 0 Å². The summed E-state index contributed by atoms with van der Waals surface area (Å²) in [7, 11) is 0. The van der Waals surface area contributed by atoms with Crippen LogP contribution in [0.4, 0.5) is 0 Å². The van der Waals surface area contributed by atoms with Crippen LogP contribution in [0, 0.1) is 11.8 Å². The summed E-state index contributed by atoms with van der Waals surface area (Å²) in [6, 6.07) is 0. The Morgan fingerprint density at radius 1 is 0.923 bits per heavy atom. The summed E-state index contributed by atoms with van der Waals surface area (Å²) >= 11 is 0. The minimum Gasteiger partial charge on any atom is -0.378 e. The first kappa shape index (κ1) is 9.51. The standard InChI is InChI=1S/C12H22O/c1-10-5-7-11(8-6-10)12-4-2-3-9-13-12/h10-12H,2-9H2,1H3. The number of ether oxygens (including phenoxy) is 1. The van der Waals surface area contributed by atoms with Gasteiger partial charge < -0.3 is 4.74 Å². The quantitative estimate of drug-likeness (QED) is 0.604. The van der Waals surface area contributed by atoms with Crippen LogP contribution in [-0.4, -0.2) is 12.7 Å². The van der Waals surface area contributed by atoms with E-state index >= 15 is 0 Å². The fraction of sp³-hybridized carbons (Fsp3) is 1.00. The zero-order valence-corrected chi connectivity index (χ0v) is 8.80. The summed E-state index contributed by atoms with van der Waals surface area (Å²) in [5.41, 5.74) is 0. The molecule has 0 bridgehead atoms. The van der Waals surface area contributed by atoms with Crippen molar-refractivity contribution in [2.75, 3.05) is 6.61 Å². The molecule has 0 spiro atoms. The average molecular weight is 182 g/mol. The van der Waals surface area contributed by atoms with Crippen LogP contribution in [0.25, 0.3) is 0 Å². The first-order valence-corrected chi connectivity index (χ1v) is 5.98. The van der Waals surface area contributed by atoms with Crippen LogP contribution in [0.15, 0.2) is 0 Å². The second-order valence-corrected chi connectivity index (χ2v) is 4.92. The lowest BCUT2D eigenvalue weighted by molar-refractivity contribution is -0.0335. The van der Waals surface area contributed by atoms with Gasteiger partial charge in [-0.2, -0.15) is 0 Å². The van der Waals surface area contributed by atoms with Crippen LogP contribution in [0.1, 0.15) is 51.9 Å². The van der Waals surface area contributed by atoms with E-state index in [4.69, 9.17) is 4.74 Å². The molecule has 0 aromatic carbocycles. The second-order valence-electron chi connectivity index (χ2n) is 4.92. The SMILES string of the molecule is CC1CCC(C2CCCCO2)CC1. The molecule has 1 unspecified atom stereocenters. The van der Waals surface area contributed by atoms with Gasteiger partial charge in [-0.25, -0.2) is 0 Å². The fourth-order valence-corrected chi connectivity index (χ4v) is 2.80. The lowest BCUT2D eigenvalue weighted by Gasteiger charge is -2.34. The van der Waals surface area contributed by atoms with Crippen molar-refractivity contribution >= 4 is 0 Å². The van der Waals surface area contributed by atoms with Crippen LogP contribution in [0.5, 0.6) is 0 Å². The van der Waals surface area contributed by atoms with E-state index in [1.54, 1.807) is 0 Å². The molecule has 0 N–H and O–H groups in total. The summed E-state index contributed by atoms with van der Waals surface area (Å²) in [6.07, 6.45) is 10.4. The Morgan fingerprint density at radius 2 is 1.69 bits per heavy atom. The van der Waals surface area contributed by atoms with Crippen molar-refractivity contribution in [1.29, 1.82) is 0 Å². The van der Waals surface area contributed by atoms with Crippen molar-refractivity contribution in [2.45, 2.75) is 58.0 Å². The highest BCUT2D eigenvalue weighted by molar-refractivity contribution is 4.78. The Bertz CT molecular complexity index is 141. The van der Waals surface area contributed by atoms with Crippen molar-refractivity contribution in [3.05, 3.63) is 0 Å². The van der Waals surface area contributed by atoms with E-state index in [0.29, 0.717) is 6.10 Å². The molecule has 2 fully saturated rings. The van der Waals surface area contributed by atoms with Gasteiger partial charge in [0.1, 0.15) is 0 Å². The minimum atomic E-state index is 0.626. The first-order valence-electron chi connectivity index (χ1n) is 5.98. The summed E-state index contributed by atoms with van der Waals surface area (Å²) in [6.45, 7) is 3.41. The maximum atomic E-state index is 5.85. The third-order valence-electron chi connectivity index (χ3n) is 3.80. The fourth-order valence-electron chi connectivity index (χ4n) is 2.80. The van der Waals surface area contributed by atoms with Crippen LogP contribution >= 0.6 is 0 Å². The van der Waals surface area contributed by atoms with Crippen LogP contribution in [0.3, 0.4) is 0 Å². The third kappa shape index (κ3) is 2.46. The Hall–Kier alpha value is -0.0400. The van der Waals surface area contributed by atoms with Gasteiger partial charge in [-0.3, -0.25) is 0 Å². The Labute approximate surface area is 81.9 Å². The predicted molar refractivity (Wildman–Crippen MR) is 54.7 cm³/mol. The molecule has 1 saturated carbocycles. The molecule has 1 heterocycles. The van der Waals surface area contributed by atoms with E-state index in [1.807, 2.05) is 0 Å². The highest BCUT2D eigenvalue weighted by Gasteiger charge is 2.27. The molecule has 1 aliphatic carbocycles. The van der Waals surface area contributed by atoms with Gasteiger partial charge in [0.25, 0.3) is 0 Å². The first-order chi connectivity index (χ1) is 6.36. The normalized spacial score (nSPS) is 41.8. The Morgan fingerprint density at radius 3 is 2.31 bits per heavy atom. The van der Waals surface area contributed by atoms with E-state index in [1.165, 1.54) is 44.9 Å². The second kappa shape index (κ2) is 4.45. The molecule has 2 rings (SSSR count). The van der Waals surface area contributed by atoms with Gasteiger partial charge in [-0.15, -0.1) is 0 Å². The average Bonchev–Trinajstić information content (AvgIpc) is 2.20. The van der Waals surface area contributed by atoms with Crippen LogP contribution in [0.2, 0.25) is 0 Å². The van der Waals surface area contributed by atoms with Crippen molar-refractivity contribution in [2.24, 2.45) is 11.8 Å². The zero-order chi connectivity index (χ0) is 9.10. The van der Waals surface area contributed by atoms with Gasteiger partial charge in [0.05, 0.1) is 6.10 Å². The molecule has 13 heavy (non-hydrogen) atoms. The maximum Gasteiger partial charge on any atom is 0.0603 e. The summed E-state index contributed by atoms with van der Waals surface area (Å²) < 4.78 is 5.85. The minimum absolute atomic E-state index is 0.626. The molecule has 76 valence electrons. The lowest BCUT2D eigenvalue weighted by atomic mass is 9.78. The number of rotatable bonds is 1. The van der Waals surface area contributed by atoms with E-state index in [9.17, 15) is 0 Å². The monoisotopic (exact) mass is 182 g/mol. The van der Waals surface area contributed by atoms with Gasteiger partial charge in [-0.05, 0) is 43.9 Å². The predicted octanol–water partition coefficient (Wildman–Crippen LogP) is 3.38. The van der Waals surface area contributed by atoms with Crippen molar-refractivity contribution in [3.8, 4) is 0 Å². The van der Waals surface area contributed by atoms with E-state index in [-0.39, 0.29) is 0 Å². The molecule has 0 aromatic rings. The van der Waals surface area contributed by atoms with Crippen LogP contribution in [-0.2, 0) is 4.74 Å². The molecule has 2 aliphatic rings. The largest absolute Gasteiger partial charge is 0.378 e. The molecule has 1 atom stereocenters. The third-order valence-corrected chi connectivity index (χ3v) is 3.80. The van der Waals surface area contributed by atoms with Gasteiger partial charge >= 0.3 is 0 Å². The topological polar surface area (TPSA) is 9.23 Å². The van der Waals surface area contributed by atoms with Crippen molar-refractivity contribution < 1.29 is 4.74 Å². The Balaban J connectivity index is 1.79. The van der Waals surface area contributed by atoms with Crippen molar-refractivity contribution in [3.63, 3.8) is 0 Å². The molecule has 1 aliphatic heterocycles. The highest BCUT2D eigenvalue weighted by Crippen LogP contribution is 2.34. The molecular formula is C12H22O. The zero-order valence-electron chi connectivity index (χ0n) is 8.80. The smallest absolute Gasteiger partial charge is 0.0603 e. The van der Waals surface area contributed by atoms with Crippen LogP contribution < -0.4 is 0 Å². The summed E-state index contributed by atoms with van der Waals surface area (Å²) in [5, 5.41) is 0. The van der Waals surface area contributed by atoms with Crippen molar-refractivity contribution in [1.82, 2.24) is 0 Å². The highest BCUT2D eigenvalue weighted by atomic mass is 16.5. The molecule has 1 nitrogen and oxygen atoms in total. The Kier molecular flexibility index (Phi) is 3.26. The molecule has 1 saturated heterocycles. The molecule has 0 radical (unpaired) electrons. The maximum absolute atomic E-state index is 5.85.